The highest BCUT2D eigenvalue weighted by Crippen LogP contribution is 2.26. The number of nitrogen functional groups attached to an aromatic ring is 1. The van der Waals surface area contributed by atoms with E-state index in [0.717, 1.165) is 0 Å². The SMILES string of the molecule is [2H]C(C)(O)c1c(N)cc2nc(C)oc2c1[3H]. The zero-order chi connectivity index (χ0) is 12.1. The van der Waals surface area contributed by atoms with Gasteiger partial charge in [-0.05, 0) is 19.0 Å². The molecule has 1 unspecified atom stereocenters. The Hall–Kier alpha value is -1.55. The number of aliphatic hydroxyl groups is 1. The van der Waals surface area contributed by atoms with Gasteiger partial charge < -0.3 is 15.3 Å². The highest BCUT2D eigenvalue weighted by Gasteiger charge is 2.10. The molecular formula is C10H12N2O2. The first-order valence-corrected chi connectivity index (χ1v) is 4.20. The van der Waals surface area contributed by atoms with Crippen molar-refractivity contribution in [2.24, 2.45) is 0 Å². The average Bonchev–Trinajstić information content (AvgIpc) is 2.43. The molecule has 4 nitrogen and oxygen atoms in total. The molecule has 74 valence electrons. The maximum absolute atomic E-state index is 9.62. The number of oxazole rings is 1. The highest BCUT2D eigenvalue weighted by molar-refractivity contribution is 5.79. The zero-order valence-electron chi connectivity index (χ0n) is 9.96. The molecule has 0 aliphatic rings. The second-order valence-electron chi connectivity index (χ2n) is 3.13. The van der Waals surface area contributed by atoms with E-state index in [1.807, 2.05) is 0 Å². The van der Waals surface area contributed by atoms with Gasteiger partial charge in [-0.2, -0.15) is 0 Å². The van der Waals surface area contributed by atoms with Crippen molar-refractivity contribution in [3.63, 3.8) is 0 Å². The molecule has 1 heterocycles. The number of hydrogen-bond donors (Lipinski definition) is 2. The van der Waals surface area contributed by atoms with Crippen LogP contribution in [0.4, 0.5) is 5.69 Å². The second kappa shape index (κ2) is 2.99. The molecule has 0 fully saturated rings. The van der Waals surface area contributed by atoms with E-state index in [1.165, 1.54) is 13.0 Å². The third-order valence-corrected chi connectivity index (χ3v) is 1.94. The fourth-order valence-electron chi connectivity index (χ4n) is 1.34. The lowest BCUT2D eigenvalue weighted by Crippen LogP contribution is -1.97. The topological polar surface area (TPSA) is 72.3 Å². The predicted molar refractivity (Wildman–Crippen MR) is 53.8 cm³/mol. The smallest absolute Gasteiger partial charge is 0.192 e. The Labute approximate surface area is 84.2 Å². The average molecular weight is 195 g/mol. The lowest BCUT2D eigenvalue weighted by Gasteiger charge is -2.07. The first kappa shape index (κ1) is 6.84. The zero-order valence-corrected chi connectivity index (χ0v) is 7.96. The number of nitrogens with two attached hydrogens (primary N) is 1. The van der Waals surface area contributed by atoms with Gasteiger partial charge in [-0.1, -0.05) is 0 Å². The van der Waals surface area contributed by atoms with Gasteiger partial charge in [0, 0.05) is 18.2 Å². The van der Waals surface area contributed by atoms with Crippen LogP contribution in [0.3, 0.4) is 0 Å². The summed E-state index contributed by atoms with van der Waals surface area (Å²) in [5.74, 6) is 0.421. The summed E-state index contributed by atoms with van der Waals surface area (Å²) >= 11 is 0. The van der Waals surface area contributed by atoms with E-state index in [1.54, 1.807) is 6.92 Å². The lowest BCUT2D eigenvalue weighted by atomic mass is 10.1. The number of benzene rings is 1. The van der Waals surface area contributed by atoms with Crippen LogP contribution in [0.25, 0.3) is 11.1 Å². The number of aromatic nitrogens is 1. The van der Waals surface area contributed by atoms with Crippen molar-refractivity contribution >= 4 is 16.8 Å². The third-order valence-electron chi connectivity index (χ3n) is 1.94. The molecule has 0 bridgehead atoms. The summed E-state index contributed by atoms with van der Waals surface area (Å²) in [6, 6.07) is 1.41. The summed E-state index contributed by atoms with van der Waals surface area (Å²) in [7, 11) is 0. The fourth-order valence-corrected chi connectivity index (χ4v) is 1.34. The van der Waals surface area contributed by atoms with Crippen LogP contribution in [-0.4, -0.2) is 10.1 Å². The van der Waals surface area contributed by atoms with Gasteiger partial charge in [-0.3, -0.25) is 0 Å². The summed E-state index contributed by atoms with van der Waals surface area (Å²) in [6.07, 6.45) is -1.92. The Kier molecular flexibility index (Phi) is 1.46. The lowest BCUT2D eigenvalue weighted by molar-refractivity contribution is 0.200. The van der Waals surface area contributed by atoms with Gasteiger partial charge >= 0.3 is 0 Å². The molecule has 0 spiro atoms. The van der Waals surface area contributed by atoms with Crippen molar-refractivity contribution in [3.05, 3.63) is 23.6 Å². The van der Waals surface area contributed by atoms with Crippen LogP contribution in [0.5, 0.6) is 0 Å². The first-order chi connectivity index (χ1) is 7.30. The van der Waals surface area contributed by atoms with Gasteiger partial charge in [-0.15, -0.1) is 0 Å². The van der Waals surface area contributed by atoms with Crippen LogP contribution in [0.15, 0.2) is 16.5 Å². The summed E-state index contributed by atoms with van der Waals surface area (Å²) in [5.41, 5.74) is 6.62. The van der Waals surface area contributed by atoms with Gasteiger partial charge in [0.1, 0.15) is 5.52 Å². The van der Waals surface area contributed by atoms with Crippen LogP contribution < -0.4 is 5.73 Å². The van der Waals surface area contributed by atoms with Crippen LogP contribution in [0, 0.1) is 6.92 Å². The van der Waals surface area contributed by atoms with Crippen LogP contribution in [0.1, 0.15) is 27.2 Å². The predicted octanol–water partition coefficient (Wildman–Crippen LogP) is 1.77. The van der Waals surface area contributed by atoms with Gasteiger partial charge in [0.2, 0.25) is 0 Å². The maximum atomic E-state index is 9.62. The molecule has 14 heavy (non-hydrogen) atoms. The largest absolute Gasteiger partial charge is 0.441 e. The summed E-state index contributed by atoms with van der Waals surface area (Å²) in [5, 5.41) is 9.62. The van der Waals surface area contributed by atoms with Crippen molar-refractivity contribution in [1.82, 2.24) is 4.98 Å². The number of hydrogen-bond acceptors (Lipinski definition) is 4. The number of fused-ring (bicyclic) bond motifs is 1. The highest BCUT2D eigenvalue weighted by atomic mass is 16.3. The molecule has 2 rings (SSSR count). The van der Waals surface area contributed by atoms with Crippen LogP contribution >= 0.6 is 0 Å². The molecule has 1 aromatic carbocycles. The van der Waals surface area contributed by atoms with Gasteiger partial charge in [0.05, 0.1) is 8.82 Å². The molecule has 0 saturated heterocycles. The minimum absolute atomic E-state index is 0.0381. The van der Waals surface area contributed by atoms with E-state index >= 15 is 0 Å². The number of anilines is 1. The Morgan fingerprint density at radius 1 is 1.86 bits per heavy atom. The molecule has 0 saturated carbocycles. The molecule has 1 atom stereocenters. The van der Waals surface area contributed by atoms with Crippen molar-refractivity contribution in [3.8, 4) is 0 Å². The summed E-state index contributed by atoms with van der Waals surface area (Å²) in [6.45, 7) is 2.92. The number of nitrogens with zero attached hydrogens (tertiary/aromatic N) is 1. The summed E-state index contributed by atoms with van der Waals surface area (Å²) in [4.78, 5) is 4.05. The molecular weight excluding hydrogens is 180 g/mol. The van der Waals surface area contributed by atoms with Gasteiger partial charge in [0.25, 0.3) is 0 Å². The maximum Gasteiger partial charge on any atom is 0.192 e. The van der Waals surface area contributed by atoms with Crippen LogP contribution in [-0.2, 0) is 0 Å². The molecule has 0 radical (unpaired) electrons. The standard InChI is InChI=1S/C10H12N2O2/c1-5(13)7-3-10-9(4-8(7)11)12-6(2)14-10/h3-5,13H,11H2,1-2H3/i3T,5D. The Bertz CT molecular complexity index is 558. The molecule has 0 amide bonds. The molecule has 0 aliphatic heterocycles. The van der Waals surface area contributed by atoms with Crippen molar-refractivity contribution in [1.29, 1.82) is 0 Å². The second-order valence-corrected chi connectivity index (χ2v) is 3.13. The fraction of sp³-hybridized carbons (Fsp3) is 0.300. The first-order valence-electron chi connectivity index (χ1n) is 5.20. The van der Waals surface area contributed by atoms with Crippen molar-refractivity contribution in [2.45, 2.75) is 19.9 Å². The molecule has 0 aliphatic carbocycles. The van der Waals surface area contributed by atoms with E-state index in [-0.39, 0.29) is 22.9 Å². The van der Waals surface area contributed by atoms with E-state index in [2.05, 4.69) is 4.98 Å². The van der Waals surface area contributed by atoms with Crippen LogP contribution in [0.2, 0.25) is 0 Å². The van der Waals surface area contributed by atoms with E-state index in [4.69, 9.17) is 12.9 Å². The minimum Gasteiger partial charge on any atom is -0.441 e. The summed E-state index contributed by atoms with van der Waals surface area (Å²) < 4.78 is 20.6. The Balaban J connectivity index is 2.85. The quantitative estimate of drug-likeness (QED) is 0.680. The Morgan fingerprint density at radius 2 is 2.57 bits per heavy atom. The third kappa shape index (κ3) is 1.33. The minimum atomic E-state index is -1.92. The van der Waals surface area contributed by atoms with Gasteiger partial charge in [-0.25, -0.2) is 4.98 Å². The van der Waals surface area contributed by atoms with Gasteiger partial charge in [0.15, 0.2) is 11.5 Å². The van der Waals surface area contributed by atoms with E-state index in [9.17, 15) is 5.11 Å². The number of rotatable bonds is 1. The van der Waals surface area contributed by atoms with E-state index < -0.39 is 6.08 Å². The van der Waals surface area contributed by atoms with E-state index in [0.29, 0.717) is 11.4 Å². The normalized spacial score (nSPS) is 17.6. The molecule has 4 heteroatoms. The molecule has 1 aromatic heterocycles. The molecule has 3 N–H and O–H groups in total. The number of aryl methyl sites for hydroxylation is 1. The monoisotopic (exact) mass is 195 g/mol. The molecule has 2 aromatic rings. The Morgan fingerprint density at radius 3 is 3.21 bits per heavy atom. The van der Waals surface area contributed by atoms with Crippen molar-refractivity contribution < 1.29 is 12.3 Å². The van der Waals surface area contributed by atoms with Crippen molar-refractivity contribution in [2.75, 3.05) is 5.73 Å².